The number of benzene rings is 2. The number of aryl methyl sites for hydroxylation is 1. The minimum absolute atomic E-state index is 0.748. The van der Waals surface area contributed by atoms with Crippen LogP contribution < -0.4 is 10.5 Å². The molecule has 2 aromatic rings. The summed E-state index contributed by atoms with van der Waals surface area (Å²) >= 11 is 1.68. The van der Waals surface area contributed by atoms with Gasteiger partial charge in [0.2, 0.25) is 0 Å². The zero-order valence-corrected chi connectivity index (χ0v) is 10.8. The average molecular weight is 245 g/mol. The molecular weight excluding hydrogens is 230 g/mol. The van der Waals surface area contributed by atoms with Crippen molar-refractivity contribution in [3.8, 4) is 5.75 Å². The van der Waals surface area contributed by atoms with Crippen molar-refractivity contribution < 1.29 is 4.74 Å². The van der Waals surface area contributed by atoms with E-state index in [0.717, 1.165) is 16.3 Å². The van der Waals surface area contributed by atoms with E-state index < -0.39 is 0 Å². The van der Waals surface area contributed by atoms with Gasteiger partial charge in [-0.25, -0.2) is 0 Å². The smallest absolute Gasteiger partial charge is 0.120 e. The Bertz CT molecular complexity index is 525. The molecule has 0 aliphatic carbocycles. The summed E-state index contributed by atoms with van der Waals surface area (Å²) in [6.45, 7) is 2.10. The van der Waals surface area contributed by atoms with Crippen molar-refractivity contribution in [3.63, 3.8) is 0 Å². The zero-order chi connectivity index (χ0) is 12.3. The van der Waals surface area contributed by atoms with Crippen molar-refractivity contribution in [1.82, 2.24) is 0 Å². The zero-order valence-electron chi connectivity index (χ0n) is 9.94. The maximum Gasteiger partial charge on any atom is 0.120 e. The van der Waals surface area contributed by atoms with Crippen LogP contribution >= 0.6 is 11.8 Å². The summed E-state index contributed by atoms with van der Waals surface area (Å²) in [6.07, 6.45) is 0. The monoisotopic (exact) mass is 245 g/mol. The molecule has 2 N–H and O–H groups in total. The van der Waals surface area contributed by atoms with Gasteiger partial charge in [-0.1, -0.05) is 30.0 Å². The Balaban J connectivity index is 2.28. The van der Waals surface area contributed by atoms with Crippen molar-refractivity contribution in [3.05, 3.63) is 48.0 Å². The van der Waals surface area contributed by atoms with Gasteiger partial charge in [0.05, 0.1) is 7.11 Å². The lowest BCUT2D eigenvalue weighted by Crippen LogP contribution is -1.91. The van der Waals surface area contributed by atoms with E-state index in [1.165, 1.54) is 10.5 Å². The Hall–Kier alpha value is -1.61. The van der Waals surface area contributed by atoms with Crippen LogP contribution in [0, 0.1) is 6.92 Å². The molecule has 0 atom stereocenters. The van der Waals surface area contributed by atoms with E-state index in [1.54, 1.807) is 18.9 Å². The standard InChI is InChI=1S/C14H15NOS/c1-10-5-3-4-6-13(10)17-14-8-7-11(16-2)9-12(14)15/h3-9H,15H2,1-2H3. The highest BCUT2D eigenvalue weighted by molar-refractivity contribution is 7.99. The lowest BCUT2D eigenvalue weighted by Gasteiger charge is -2.09. The fourth-order valence-corrected chi connectivity index (χ4v) is 2.46. The van der Waals surface area contributed by atoms with Crippen LogP contribution in [0.25, 0.3) is 0 Å². The van der Waals surface area contributed by atoms with Gasteiger partial charge >= 0.3 is 0 Å². The molecule has 3 heteroatoms. The molecule has 88 valence electrons. The molecule has 0 radical (unpaired) electrons. The van der Waals surface area contributed by atoms with Crippen LogP contribution in [0.2, 0.25) is 0 Å². The lowest BCUT2D eigenvalue weighted by atomic mass is 10.2. The fraction of sp³-hybridized carbons (Fsp3) is 0.143. The molecule has 2 rings (SSSR count). The normalized spacial score (nSPS) is 10.2. The predicted octanol–water partition coefficient (Wildman–Crippen LogP) is 3.74. The van der Waals surface area contributed by atoms with Crippen LogP contribution in [0.4, 0.5) is 5.69 Å². The molecular formula is C14H15NOS. The Labute approximate surface area is 106 Å². The van der Waals surface area contributed by atoms with Crippen molar-refractivity contribution >= 4 is 17.4 Å². The highest BCUT2D eigenvalue weighted by atomic mass is 32.2. The molecule has 0 saturated heterocycles. The third-order valence-electron chi connectivity index (χ3n) is 2.53. The second-order valence-corrected chi connectivity index (χ2v) is 4.86. The third-order valence-corrected chi connectivity index (χ3v) is 3.80. The first-order valence-corrected chi connectivity index (χ1v) is 6.19. The molecule has 0 aromatic heterocycles. The topological polar surface area (TPSA) is 35.2 Å². The minimum atomic E-state index is 0.748. The van der Waals surface area contributed by atoms with Crippen molar-refractivity contribution in [2.24, 2.45) is 0 Å². The summed E-state index contributed by atoms with van der Waals surface area (Å²) in [5.41, 5.74) is 8.00. The summed E-state index contributed by atoms with van der Waals surface area (Å²) in [7, 11) is 1.64. The average Bonchev–Trinajstić information content (AvgIpc) is 2.34. The summed E-state index contributed by atoms with van der Waals surface area (Å²) in [5.74, 6) is 0.789. The molecule has 0 heterocycles. The number of rotatable bonds is 3. The van der Waals surface area contributed by atoms with Crippen LogP contribution in [0.5, 0.6) is 5.75 Å². The van der Waals surface area contributed by atoms with Gasteiger partial charge in [0.25, 0.3) is 0 Å². The number of hydrogen-bond donors (Lipinski definition) is 1. The van der Waals surface area contributed by atoms with Gasteiger partial charge in [-0.15, -0.1) is 0 Å². The molecule has 0 aliphatic heterocycles. The van der Waals surface area contributed by atoms with Crippen LogP contribution in [0.15, 0.2) is 52.3 Å². The lowest BCUT2D eigenvalue weighted by molar-refractivity contribution is 0.415. The Morgan fingerprint density at radius 2 is 1.82 bits per heavy atom. The highest BCUT2D eigenvalue weighted by Gasteiger charge is 2.05. The third kappa shape index (κ3) is 2.74. The highest BCUT2D eigenvalue weighted by Crippen LogP contribution is 2.35. The molecule has 0 unspecified atom stereocenters. The van der Waals surface area contributed by atoms with E-state index in [2.05, 4.69) is 19.1 Å². The van der Waals surface area contributed by atoms with Crippen LogP contribution in [0.1, 0.15) is 5.56 Å². The first-order valence-electron chi connectivity index (χ1n) is 5.37. The van der Waals surface area contributed by atoms with Gasteiger partial charge < -0.3 is 10.5 Å². The predicted molar refractivity (Wildman–Crippen MR) is 72.7 cm³/mol. The minimum Gasteiger partial charge on any atom is -0.497 e. The first kappa shape index (κ1) is 11.9. The first-order chi connectivity index (χ1) is 8.20. The summed E-state index contributed by atoms with van der Waals surface area (Å²) in [5, 5.41) is 0. The molecule has 0 spiro atoms. The van der Waals surface area contributed by atoms with E-state index in [-0.39, 0.29) is 0 Å². The fourth-order valence-electron chi connectivity index (χ4n) is 1.54. The number of nitrogens with two attached hydrogens (primary N) is 1. The summed E-state index contributed by atoms with van der Waals surface area (Å²) in [4.78, 5) is 2.28. The van der Waals surface area contributed by atoms with Crippen LogP contribution in [-0.4, -0.2) is 7.11 Å². The summed E-state index contributed by atoms with van der Waals surface area (Å²) < 4.78 is 5.13. The number of methoxy groups -OCH3 is 1. The Kier molecular flexibility index (Phi) is 3.59. The van der Waals surface area contributed by atoms with E-state index in [1.807, 2.05) is 30.3 Å². The molecule has 0 aliphatic rings. The van der Waals surface area contributed by atoms with Crippen LogP contribution in [0.3, 0.4) is 0 Å². The molecule has 0 amide bonds. The molecule has 2 aromatic carbocycles. The number of hydrogen-bond acceptors (Lipinski definition) is 3. The van der Waals surface area contributed by atoms with Gasteiger partial charge in [-0.05, 0) is 30.7 Å². The SMILES string of the molecule is COc1ccc(Sc2ccccc2C)c(N)c1. The Morgan fingerprint density at radius 3 is 2.47 bits per heavy atom. The quantitative estimate of drug-likeness (QED) is 0.837. The largest absolute Gasteiger partial charge is 0.497 e. The van der Waals surface area contributed by atoms with Gasteiger partial charge in [-0.2, -0.15) is 0 Å². The molecule has 2 nitrogen and oxygen atoms in total. The van der Waals surface area contributed by atoms with Crippen molar-refractivity contribution in [1.29, 1.82) is 0 Å². The van der Waals surface area contributed by atoms with Crippen LogP contribution in [-0.2, 0) is 0 Å². The number of nitrogen functional groups attached to an aromatic ring is 1. The van der Waals surface area contributed by atoms with E-state index in [0.29, 0.717) is 0 Å². The van der Waals surface area contributed by atoms with Gasteiger partial charge in [0, 0.05) is 21.5 Å². The van der Waals surface area contributed by atoms with Crippen molar-refractivity contribution in [2.45, 2.75) is 16.7 Å². The number of ether oxygens (including phenoxy) is 1. The summed E-state index contributed by atoms with van der Waals surface area (Å²) in [6, 6.07) is 14.0. The maximum atomic E-state index is 5.99. The number of anilines is 1. The van der Waals surface area contributed by atoms with Gasteiger partial charge in [-0.3, -0.25) is 0 Å². The van der Waals surface area contributed by atoms with Gasteiger partial charge in [0.1, 0.15) is 5.75 Å². The second kappa shape index (κ2) is 5.15. The van der Waals surface area contributed by atoms with E-state index in [4.69, 9.17) is 10.5 Å². The second-order valence-electron chi connectivity index (χ2n) is 3.77. The maximum absolute atomic E-state index is 5.99. The van der Waals surface area contributed by atoms with E-state index >= 15 is 0 Å². The Morgan fingerprint density at radius 1 is 1.06 bits per heavy atom. The molecule has 0 bridgehead atoms. The van der Waals surface area contributed by atoms with Crippen molar-refractivity contribution in [2.75, 3.05) is 12.8 Å². The van der Waals surface area contributed by atoms with E-state index in [9.17, 15) is 0 Å². The molecule has 0 saturated carbocycles. The molecule has 17 heavy (non-hydrogen) atoms. The molecule has 0 fully saturated rings. The van der Waals surface area contributed by atoms with Gasteiger partial charge in [0.15, 0.2) is 0 Å².